The quantitative estimate of drug-likeness (QED) is 0.820. The second-order valence-electron chi connectivity index (χ2n) is 8.20. The number of rotatable bonds is 6. The fourth-order valence-corrected chi connectivity index (χ4v) is 3.76. The molecular formula is C23H30N4O. The van der Waals surface area contributed by atoms with Gasteiger partial charge in [0.2, 0.25) is 0 Å². The molecule has 0 bridgehead atoms. The van der Waals surface area contributed by atoms with Crippen molar-refractivity contribution in [1.82, 2.24) is 15.2 Å². The second-order valence-corrected chi connectivity index (χ2v) is 8.20. The van der Waals surface area contributed by atoms with E-state index >= 15 is 0 Å². The van der Waals surface area contributed by atoms with Gasteiger partial charge in [-0.3, -0.25) is 0 Å². The SMILES string of the molecule is CC1CCN(c2ccc(CNC(=O)N(Cc3ccccc3)C3CC3)cn2)CC1. The molecule has 148 valence electrons. The molecule has 2 aromatic rings. The maximum Gasteiger partial charge on any atom is 0.318 e. The van der Waals surface area contributed by atoms with Crippen LogP contribution in [0, 0.1) is 5.92 Å². The molecule has 5 nitrogen and oxygen atoms in total. The average Bonchev–Trinajstić information content (AvgIpc) is 3.57. The highest BCUT2D eigenvalue weighted by Crippen LogP contribution is 2.28. The fourth-order valence-electron chi connectivity index (χ4n) is 3.76. The lowest BCUT2D eigenvalue weighted by Gasteiger charge is -2.31. The van der Waals surface area contributed by atoms with Gasteiger partial charge in [-0.2, -0.15) is 0 Å². The Morgan fingerprint density at radius 1 is 1.07 bits per heavy atom. The lowest BCUT2D eigenvalue weighted by molar-refractivity contribution is 0.191. The lowest BCUT2D eigenvalue weighted by Crippen LogP contribution is -2.40. The van der Waals surface area contributed by atoms with Crippen LogP contribution in [0.25, 0.3) is 0 Å². The molecule has 1 aromatic carbocycles. The van der Waals surface area contributed by atoms with Gasteiger partial charge in [0.15, 0.2) is 0 Å². The molecule has 0 radical (unpaired) electrons. The van der Waals surface area contributed by atoms with E-state index in [0.717, 1.165) is 43.2 Å². The van der Waals surface area contributed by atoms with E-state index in [2.05, 4.69) is 46.4 Å². The number of hydrogen-bond donors (Lipinski definition) is 1. The van der Waals surface area contributed by atoms with Gasteiger partial charge in [0.05, 0.1) is 0 Å². The Labute approximate surface area is 167 Å². The van der Waals surface area contributed by atoms with E-state index in [1.807, 2.05) is 29.3 Å². The number of aromatic nitrogens is 1. The Hall–Kier alpha value is -2.56. The zero-order chi connectivity index (χ0) is 19.3. The highest BCUT2D eigenvalue weighted by Gasteiger charge is 2.32. The van der Waals surface area contributed by atoms with Crippen molar-refractivity contribution in [3.05, 3.63) is 59.8 Å². The monoisotopic (exact) mass is 378 g/mol. The molecule has 0 atom stereocenters. The molecule has 1 aromatic heterocycles. The van der Waals surface area contributed by atoms with Crippen LogP contribution in [-0.2, 0) is 13.1 Å². The van der Waals surface area contributed by atoms with E-state index in [-0.39, 0.29) is 6.03 Å². The topological polar surface area (TPSA) is 48.5 Å². The molecule has 1 N–H and O–H groups in total. The van der Waals surface area contributed by atoms with Crippen LogP contribution < -0.4 is 10.2 Å². The minimum atomic E-state index is 0.0143. The molecule has 1 saturated carbocycles. The van der Waals surface area contributed by atoms with Crippen LogP contribution in [-0.4, -0.2) is 35.0 Å². The molecule has 5 heteroatoms. The molecule has 1 saturated heterocycles. The van der Waals surface area contributed by atoms with Crippen LogP contribution >= 0.6 is 0 Å². The van der Waals surface area contributed by atoms with Gasteiger partial charge < -0.3 is 15.1 Å². The van der Waals surface area contributed by atoms with Crippen molar-refractivity contribution in [3.8, 4) is 0 Å². The summed E-state index contributed by atoms with van der Waals surface area (Å²) >= 11 is 0. The Morgan fingerprint density at radius 2 is 1.82 bits per heavy atom. The number of piperidine rings is 1. The number of nitrogens with one attached hydrogen (secondary N) is 1. The highest BCUT2D eigenvalue weighted by molar-refractivity contribution is 5.75. The fraction of sp³-hybridized carbons (Fsp3) is 0.478. The molecule has 0 spiro atoms. The molecule has 2 aliphatic rings. The lowest BCUT2D eigenvalue weighted by atomic mass is 9.99. The van der Waals surface area contributed by atoms with Crippen LogP contribution in [0.1, 0.15) is 43.7 Å². The van der Waals surface area contributed by atoms with Crippen LogP contribution in [0.2, 0.25) is 0 Å². The van der Waals surface area contributed by atoms with Gasteiger partial charge in [0.1, 0.15) is 5.82 Å². The molecule has 2 amide bonds. The van der Waals surface area contributed by atoms with Gasteiger partial charge in [0, 0.05) is 38.4 Å². The van der Waals surface area contributed by atoms with Gasteiger partial charge in [-0.15, -0.1) is 0 Å². The molecule has 4 rings (SSSR count). The number of urea groups is 1. The van der Waals surface area contributed by atoms with E-state index < -0.39 is 0 Å². The predicted molar refractivity (Wildman–Crippen MR) is 112 cm³/mol. The first-order chi connectivity index (χ1) is 13.7. The highest BCUT2D eigenvalue weighted by atomic mass is 16.2. The van der Waals surface area contributed by atoms with Crippen LogP contribution in [0.3, 0.4) is 0 Å². The number of carbonyl (C=O) groups excluding carboxylic acids is 1. The Bertz CT molecular complexity index is 765. The van der Waals surface area contributed by atoms with Crippen molar-refractivity contribution >= 4 is 11.8 Å². The number of carbonyl (C=O) groups is 1. The third-order valence-electron chi connectivity index (χ3n) is 5.80. The first kappa shape index (κ1) is 18.8. The smallest absolute Gasteiger partial charge is 0.318 e. The third kappa shape index (κ3) is 4.83. The number of pyridine rings is 1. The Balaban J connectivity index is 1.31. The Morgan fingerprint density at radius 3 is 2.46 bits per heavy atom. The third-order valence-corrected chi connectivity index (χ3v) is 5.80. The predicted octanol–water partition coefficient (Wildman–Crippen LogP) is 4.19. The minimum absolute atomic E-state index is 0.0143. The normalized spacial score (nSPS) is 17.4. The van der Waals surface area contributed by atoms with E-state index in [0.29, 0.717) is 19.1 Å². The summed E-state index contributed by atoms with van der Waals surface area (Å²) in [4.78, 5) is 21.7. The maximum absolute atomic E-state index is 12.7. The molecule has 1 aliphatic carbocycles. The van der Waals surface area contributed by atoms with Crippen molar-refractivity contribution in [3.63, 3.8) is 0 Å². The minimum Gasteiger partial charge on any atom is -0.357 e. The number of benzene rings is 1. The summed E-state index contributed by atoms with van der Waals surface area (Å²) in [5.74, 6) is 1.86. The van der Waals surface area contributed by atoms with Gasteiger partial charge >= 0.3 is 6.03 Å². The van der Waals surface area contributed by atoms with Crippen LogP contribution in [0.5, 0.6) is 0 Å². The standard InChI is InChI=1S/C23H30N4O/c1-18-11-13-26(14-12-18)22-10-7-20(15-24-22)16-25-23(28)27(21-8-9-21)17-19-5-3-2-4-6-19/h2-7,10,15,18,21H,8-9,11-14,16-17H2,1H3,(H,25,28). The summed E-state index contributed by atoms with van der Waals surface area (Å²) in [6, 6.07) is 14.8. The molecule has 28 heavy (non-hydrogen) atoms. The number of hydrogen-bond acceptors (Lipinski definition) is 3. The first-order valence-corrected chi connectivity index (χ1v) is 10.5. The van der Waals surface area contributed by atoms with Crippen molar-refractivity contribution in [2.24, 2.45) is 5.92 Å². The van der Waals surface area contributed by atoms with Gasteiger partial charge in [0.25, 0.3) is 0 Å². The van der Waals surface area contributed by atoms with Crippen molar-refractivity contribution in [1.29, 1.82) is 0 Å². The zero-order valence-electron chi connectivity index (χ0n) is 16.7. The van der Waals surface area contributed by atoms with Crippen molar-refractivity contribution in [2.45, 2.75) is 51.7 Å². The van der Waals surface area contributed by atoms with E-state index in [1.165, 1.54) is 18.4 Å². The van der Waals surface area contributed by atoms with Gasteiger partial charge in [-0.1, -0.05) is 43.3 Å². The molecule has 2 fully saturated rings. The number of amides is 2. The Kier molecular flexibility index (Phi) is 5.79. The van der Waals surface area contributed by atoms with Crippen molar-refractivity contribution in [2.75, 3.05) is 18.0 Å². The molecular weight excluding hydrogens is 348 g/mol. The molecule has 1 aliphatic heterocycles. The van der Waals surface area contributed by atoms with Crippen LogP contribution in [0.15, 0.2) is 48.7 Å². The number of nitrogens with zero attached hydrogens (tertiary/aromatic N) is 3. The molecule has 2 heterocycles. The van der Waals surface area contributed by atoms with E-state index in [9.17, 15) is 4.79 Å². The second kappa shape index (κ2) is 8.63. The van der Waals surface area contributed by atoms with Crippen molar-refractivity contribution < 1.29 is 4.79 Å². The van der Waals surface area contributed by atoms with Gasteiger partial charge in [-0.25, -0.2) is 9.78 Å². The molecule has 0 unspecified atom stereocenters. The summed E-state index contributed by atoms with van der Waals surface area (Å²) < 4.78 is 0. The summed E-state index contributed by atoms with van der Waals surface area (Å²) in [7, 11) is 0. The summed E-state index contributed by atoms with van der Waals surface area (Å²) in [6.07, 6.45) is 6.57. The average molecular weight is 379 g/mol. The van der Waals surface area contributed by atoms with E-state index in [4.69, 9.17) is 0 Å². The first-order valence-electron chi connectivity index (χ1n) is 10.5. The largest absolute Gasteiger partial charge is 0.357 e. The van der Waals surface area contributed by atoms with E-state index in [1.54, 1.807) is 0 Å². The number of anilines is 1. The summed E-state index contributed by atoms with van der Waals surface area (Å²) in [5.41, 5.74) is 2.21. The maximum atomic E-state index is 12.7. The zero-order valence-corrected chi connectivity index (χ0v) is 16.7. The van der Waals surface area contributed by atoms with Crippen LogP contribution in [0.4, 0.5) is 10.6 Å². The summed E-state index contributed by atoms with van der Waals surface area (Å²) in [5, 5.41) is 3.08. The van der Waals surface area contributed by atoms with Gasteiger partial charge in [-0.05, 0) is 48.8 Å². The summed E-state index contributed by atoms with van der Waals surface area (Å²) in [6.45, 7) is 5.67.